The number of rotatable bonds is 3. The lowest BCUT2D eigenvalue weighted by molar-refractivity contribution is 0.415. The fourth-order valence-electron chi connectivity index (χ4n) is 2.04. The molecule has 6 nitrogen and oxygen atoms in total. The number of nitrogens with zero attached hydrogens (tertiary/aromatic N) is 3. The Hall–Kier alpha value is -2.34. The fourth-order valence-corrected chi connectivity index (χ4v) is 2.04. The van der Waals surface area contributed by atoms with Crippen LogP contribution in [0.15, 0.2) is 30.6 Å². The van der Waals surface area contributed by atoms with Crippen molar-refractivity contribution in [2.24, 2.45) is 12.8 Å². The minimum Gasteiger partial charge on any atom is -0.497 e. The largest absolute Gasteiger partial charge is 0.497 e. The lowest BCUT2D eigenvalue weighted by Crippen LogP contribution is -2.12. The maximum atomic E-state index is 6.19. The van der Waals surface area contributed by atoms with Crippen molar-refractivity contribution in [3.8, 4) is 5.75 Å². The van der Waals surface area contributed by atoms with E-state index in [2.05, 4.69) is 15.1 Å². The molecule has 0 aliphatic carbocycles. The molecule has 3 rings (SSSR count). The van der Waals surface area contributed by atoms with Crippen LogP contribution < -0.4 is 10.5 Å². The van der Waals surface area contributed by atoms with Crippen molar-refractivity contribution in [1.29, 1.82) is 0 Å². The van der Waals surface area contributed by atoms with Gasteiger partial charge in [-0.25, -0.2) is 4.98 Å². The van der Waals surface area contributed by atoms with Crippen molar-refractivity contribution in [2.45, 2.75) is 6.04 Å². The van der Waals surface area contributed by atoms with Gasteiger partial charge < -0.3 is 15.5 Å². The van der Waals surface area contributed by atoms with E-state index in [0.717, 1.165) is 28.2 Å². The van der Waals surface area contributed by atoms with Crippen LogP contribution in [0.3, 0.4) is 0 Å². The number of fused-ring (bicyclic) bond motifs is 1. The number of aromatic nitrogens is 4. The summed E-state index contributed by atoms with van der Waals surface area (Å²) in [6.45, 7) is 0. The van der Waals surface area contributed by atoms with Crippen LogP contribution in [0.5, 0.6) is 5.75 Å². The van der Waals surface area contributed by atoms with Crippen LogP contribution in [-0.4, -0.2) is 26.9 Å². The number of ether oxygens (including phenoxy) is 1. The maximum absolute atomic E-state index is 6.19. The second-order valence-electron chi connectivity index (χ2n) is 4.43. The van der Waals surface area contributed by atoms with E-state index in [1.807, 2.05) is 31.4 Å². The highest BCUT2D eigenvalue weighted by atomic mass is 16.5. The maximum Gasteiger partial charge on any atom is 0.128 e. The van der Waals surface area contributed by atoms with Gasteiger partial charge in [0.25, 0.3) is 0 Å². The van der Waals surface area contributed by atoms with Gasteiger partial charge in [-0.2, -0.15) is 5.10 Å². The number of nitrogens with one attached hydrogen (secondary N) is 1. The molecule has 3 aromatic rings. The molecule has 0 bridgehead atoms. The molecule has 6 heteroatoms. The molecule has 0 aliphatic heterocycles. The van der Waals surface area contributed by atoms with Crippen molar-refractivity contribution in [3.05, 3.63) is 42.0 Å². The van der Waals surface area contributed by atoms with Gasteiger partial charge in [-0.3, -0.25) is 4.68 Å². The first-order chi connectivity index (χ1) is 9.17. The lowest BCUT2D eigenvalue weighted by Gasteiger charge is -2.04. The Morgan fingerprint density at radius 3 is 2.95 bits per heavy atom. The second kappa shape index (κ2) is 4.40. The summed E-state index contributed by atoms with van der Waals surface area (Å²) in [4.78, 5) is 7.73. The molecule has 0 saturated heterocycles. The van der Waals surface area contributed by atoms with Crippen LogP contribution >= 0.6 is 0 Å². The molecule has 0 spiro atoms. The van der Waals surface area contributed by atoms with Crippen LogP contribution in [-0.2, 0) is 7.05 Å². The Morgan fingerprint density at radius 2 is 2.26 bits per heavy atom. The molecular weight excluding hydrogens is 242 g/mol. The predicted molar refractivity (Wildman–Crippen MR) is 71.9 cm³/mol. The van der Waals surface area contributed by atoms with E-state index in [1.165, 1.54) is 0 Å². The minimum absolute atomic E-state index is 0.313. The first-order valence-electron chi connectivity index (χ1n) is 5.95. The summed E-state index contributed by atoms with van der Waals surface area (Å²) in [6.07, 6.45) is 3.64. The van der Waals surface area contributed by atoms with Crippen LogP contribution in [0.1, 0.15) is 17.4 Å². The van der Waals surface area contributed by atoms with E-state index in [9.17, 15) is 0 Å². The van der Waals surface area contributed by atoms with Crippen LogP contribution in [0.4, 0.5) is 0 Å². The SMILES string of the molecule is COc1ccc2nc(C(N)c3cnn(C)c3)[nH]c2c1. The molecule has 0 saturated carbocycles. The molecule has 2 heterocycles. The molecule has 0 fully saturated rings. The molecule has 19 heavy (non-hydrogen) atoms. The summed E-state index contributed by atoms with van der Waals surface area (Å²) >= 11 is 0. The Labute approximate surface area is 110 Å². The van der Waals surface area contributed by atoms with E-state index in [-0.39, 0.29) is 6.04 Å². The first kappa shape index (κ1) is 11.7. The van der Waals surface area contributed by atoms with Crippen molar-refractivity contribution < 1.29 is 4.74 Å². The first-order valence-corrected chi connectivity index (χ1v) is 5.95. The van der Waals surface area contributed by atoms with Gasteiger partial charge in [0, 0.05) is 24.9 Å². The van der Waals surface area contributed by atoms with Gasteiger partial charge in [0.15, 0.2) is 0 Å². The number of methoxy groups -OCH3 is 1. The average Bonchev–Trinajstić information content (AvgIpc) is 3.02. The van der Waals surface area contributed by atoms with Crippen molar-refractivity contribution >= 4 is 11.0 Å². The zero-order chi connectivity index (χ0) is 13.4. The molecule has 1 unspecified atom stereocenters. The van der Waals surface area contributed by atoms with Gasteiger partial charge in [0.05, 0.1) is 30.4 Å². The van der Waals surface area contributed by atoms with Gasteiger partial charge in [0.2, 0.25) is 0 Å². The van der Waals surface area contributed by atoms with E-state index < -0.39 is 0 Å². The average molecular weight is 257 g/mol. The van der Waals surface area contributed by atoms with Gasteiger partial charge in [-0.15, -0.1) is 0 Å². The standard InChI is InChI=1S/C13H15N5O/c1-18-7-8(6-15-18)12(14)13-16-10-4-3-9(19-2)5-11(10)17-13/h3-7,12H,14H2,1-2H3,(H,16,17). The zero-order valence-corrected chi connectivity index (χ0v) is 10.8. The highest BCUT2D eigenvalue weighted by Gasteiger charge is 2.15. The van der Waals surface area contributed by atoms with Crippen LogP contribution in [0.2, 0.25) is 0 Å². The smallest absolute Gasteiger partial charge is 0.128 e. The number of H-pyrrole nitrogens is 1. The zero-order valence-electron chi connectivity index (χ0n) is 10.8. The molecule has 3 N–H and O–H groups in total. The number of hydrogen-bond acceptors (Lipinski definition) is 4. The van der Waals surface area contributed by atoms with E-state index in [0.29, 0.717) is 0 Å². The number of aryl methyl sites for hydroxylation is 1. The summed E-state index contributed by atoms with van der Waals surface area (Å²) < 4.78 is 6.91. The summed E-state index contributed by atoms with van der Waals surface area (Å²) in [7, 11) is 3.50. The quantitative estimate of drug-likeness (QED) is 0.742. The number of hydrogen-bond donors (Lipinski definition) is 2. The molecule has 1 atom stereocenters. The van der Waals surface area contributed by atoms with Crippen molar-refractivity contribution in [3.63, 3.8) is 0 Å². The Balaban J connectivity index is 2.00. The topological polar surface area (TPSA) is 81.8 Å². The predicted octanol–water partition coefficient (Wildman–Crippen LogP) is 1.35. The monoisotopic (exact) mass is 257 g/mol. The number of imidazole rings is 1. The Bertz CT molecular complexity index is 715. The van der Waals surface area contributed by atoms with Crippen LogP contribution in [0.25, 0.3) is 11.0 Å². The van der Waals surface area contributed by atoms with E-state index >= 15 is 0 Å². The fraction of sp³-hybridized carbons (Fsp3) is 0.231. The summed E-state index contributed by atoms with van der Waals surface area (Å²) in [5, 5.41) is 4.12. The summed E-state index contributed by atoms with van der Waals surface area (Å²) in [5.74, 6) is 1.51. The number of nitrogens with two attached hydrogens (primary N) is 1. The third kappa shape index (κ3) is 2.06. The van der Waals surface area contributed by atoms with Crippen LogP contribution in [0, 0.1) is 0 Å². The van der Waals surface area contributed by atoms with Gasteiger partial charge >= 0.3 is 0 Å². The molecule has 0 radical (unpaired) electrons. The third-order valence-electron chi connectivity index (χ3n) is 3.09. The molecule has 0 aliphatic rings. The normalized spacial score (nSPS) is 12.8. The number of benzene rings is 1. The molecule has 98 valence electrons. The van der Waals surface area contributed by atoms with Crippen molar-refractivity contribution in [2.75, 3.05) is 7.11 Å². The minimum atomic E-state index is -0.313. The molecule has 1 aromatic carbocycles. The second-order valence-corrected chi connectivity index (χ2v) is 4.43. The molecule has 0 amide bonds. The molecule has 2 aromatic heterocycles. The van der Waals surface area contributed by atoms with Gasteiger partial charge in [-0.05, 0) is 12.1 Å². The highest BCUT2D eigenvalue weighted by molar-refractivity contribution is 5.77. The van der Waals surface area contributed by atoms with Gasteiger partial charge in [-0.1, -0.05) is 0 Å². The molecular formula is C13H15N5O. The Kier molecular flexibility index (Phi) is 2.72. The summed E-state index contributed by atoms with van der Waals surface area (Å²) in [5.41, 5.74) is 8.89. The van der Waals surface area contributed by atoms with Crippen molar-refractivity contribution in [1.82, 2.24) is 19.7 Å². The summed E-state index contributed by atoms with van der Waals surface area (Å²) in [6, 6.07) is 5.38. The third-order valence-corrected chi connectivity index (χ3v) is 3.09. The Morgan fingerprint density at radius 1 is 1.42 bits per heavy atom. The lowest BCUT2D eigenvalue weighted by atomic mass is 10.2. The van der Waals surface area contributed by atoms with E-state index in [1.54, 1.807) is 18.0 Å². The van der Waals surface area contributed by atoms with E-state index in [4.69, 9.17) is 10.5 Å². The highest BCUT2D eigenvalue weighted by Crippen LogP contribution is 2.22. The van der Waals surface area contributed by atoms with Gasteiger partial charge in [0.1, 0.15) is 11.6 Å². The number of aromatic amines is 1.